The molecule has 3 aromatic rings. The van der Waals surface area contributed by atoms with Gasteiger partial charge in [-0.15, -0.1) is 0 Å². The lowest BCUT2D eigenvalue weighted by atomic mass is 10.1. The third-order valence-corrected chi connectivity index (χ3v) is 3.65. The summed E-state index contributed by atoms with van der Waals surface area (Å²) < 4.78 is 0. The van der Waals surface area contributed by atoms with E-state index in [-0.39, 0.29) is 5.56 Å². The second-order valence-corrected chi connectivity index (χ2v) is 5.33. The molecule has 0 aliphatic carbocycles. The van der Waals surface area contributed by atoms with E-state index in [0.29, 0.717) is 5.69 Å². The van der Waals surface area contributed by atoms with Crippen LogP contribution in [-0.2, 0) is 0 Å². The summed E-state index contributed by atoms with van der Waals surface area (Å²) in [6.45, 7) is 1.89. The number of carboxylic acid groups (broad SMARTS) is 1. The third kappa shape index (κ3) is 3.09. The first-order valence-corrected chi connectivity index (χ1v) is 7.41. The Hall–Kier alpha value is -3.07. The summed E-state index contributed by atoms with van der Waals surface area (Å²) in [4.78, 5) is 13.7. The normalized spacial score (nSPS) is 10.3. The number of aromatic carboxylic acids is 1. The predicted molar refractivity (Wildman–Crippen MR) is 92.8 cm³/mol. The largest absolute Gasteiger partial charge is 0.478 e. The Balaban J connectivity index is 2.23. The Morgan fingerprint density at radius 3 is 1.83 bits per heavy atom. The number of hydrogen-bond donors (Lipinski definition) is 1. The number of carbonyl (C=O) groups is 1. The number of rotatable bonds is 4. The van der Waals surface area contributed by atoms with Crippen LogP contribution in [0.15, 0.2) is 78.9 Å². The third-order valence-electron chi connectivity index (χ3n) is 3.65. The van der Waals surface area contributed by atoms with Crippen molar-refractivity contribution in [2.75, 3.05) is 4.90 Å². The summed E-state index contributed by atoms with van der Waals surface area (Å²) in [6.07, 6.45) is 0. The van der Waals surface area contributed by atoms with E-state index in [1.165, 1.54) is 0 Å². The molecule has 0 spiro atoms. The Morgan fingerprint density at radius 1 is 0.826 bits per heavy atom. The Morgan fingerprint density at radius 2 is 1.35 bits per heavy atom. The molecule has 0 aliphatic heterocycles. The van der Waals surface area contributed by atoms with Gasteiger partial charge in [-0.05, 0) is 43.3 Å². The highest BCUT2D eigenvalue weighted by Gasteiger charge is 2.19. The molecule has 0 amide bonds. The fourth-order valence-electron chi connectivity index (χ4n) is 2.60. The summed E-state index contributed by atoms with van der Waals surface area (Å²) in [5.74, 6) is -0.930. The zero-order chi connectivity index (χ0) is 16.2. The second-order valence-electron chi connectivity index (χ2n) is 5.33. The van der Waals surface area contributed by atoms with Gasteiger partial charge in [0.15, 0.2) is 0 Å². The summed E-state index contributed by atoms with van der Waals surface area (Å²) in [6, 6.07) is 25.0. The molecular formula is C20H17NO2. The quantitative estimate of drug-likeness (QED) is 0.723. The molecule has 0 aromatic heterocycles. The van der Waals surface area contributed by atoms with Crippen molar-refractivity contribution in [3.05, 3.63) is 90.0 Å². The molecule has 23 heavy (non-hydrogen) atoms. The van der Waals surface area contributed by atoms with Gasteiger partial charge in [0, 0.05) is 11.4 Å². The van der Waals surface area contributed by atoms with Gasteiger partial charge in [-0.1, -0.05) is 48.0 Å². The number of anilines is 3. The average Bonchev–Trinajstić information content (AvgIpc) is 2.58. The maximum Gasteiger partial charge on any atom is 0.337 e. The molecule has 0 atom stereocenters. The maximum absolute atomic E-state index is 11.7. The summed E-state index contributed by atoms with van der Waals surface area (Å²) in [5, 5.41) is 9.61. The van der Waals surface area contributed by atoms with Crippen molar-refractivity contribution in [2.24, 2.45) is 0 Å². The van der Waals surface area contributed by atoms with Crippen molar-refractivity contribution in [2.45, 2.75) is 6.92 Å². The van der Waals surface area contributed by atoms with E-state index >= 15 is 0 Å². The van der Waals surface area contributed by atoms with Crippen molar-refractivity contribution in [3.63, 3.8) is 0 Å². The molecule has 3 nitrogen and oxygen atoms in total. The van der Waals surface area contributed by atoms with E-state index in [0.717, 1.165) is 16.9 Å². The molecule has 114 valence electrons. The number of aryl methyl sites for hydroxylation is 1. The molecule has 1 N–H and O–H groups in total. The molecule has 0 heterocycles. The second kappa shape index (κ2) is 6.36. The maximum atomic E-state index is 11.7. The van der Waals surface area contributed by atoms with Crippen LogP contribution < -0.4 is 4.90 Å². The van der Waals surface area contributed by atoms with Crippen molar-refractivity contribution in [1.82, 2.24) is 0 Å². The molecule has 0 fully saturated rings. The van der Waals surface area contributed by atoms with Crippen LogP contribution in [0.4, 0.5) is 17.1 Å². The lowest BCUT2D eigenvalue weighted by Gasteiger charge is -2.26. The lowest BCUT2D eigenvalue weighted by Crippen LogP contribution is -2.14. The molecule has 0 aliphatic rings. The summed E-state index contributed by atoms with van der Waals surface area (Å²) in [5.41, 5.74) is 3.71. The van der Waals surface area contributed by atoms with Crippen molar-refractivity contribution in [1.29, 1.82) is 0 Å². The van der Waals surface area contributed by atoms with E-state index in [1.807, 2.05) is 84.6 Å². The Labute approximate surface area is 135 Å². The van der Waals surface area contributed by atoms with E-state index in [9.17, 15) is 9.90 Å². The van der Waals surface area contributed by atoms with Gasteiger partial charge in [0.25, 0.3) is 0 Å². The monoisotopic (exact) mass is 303 g/mol. The fraction of sp³-hybridized carbons (Fsp3) is 0.0500. The number of carboxylic acids is 1. The van der Waals surface area contributed by atoms with Crippen LogP contribution in [0.1, 0.15) is 15.9 Å². The number of para-hydroxylation sites is 2. The van der Waals surface area contributed by atoms with Crippen LogP contribution in [-0.4, -0.2) is 11.1 Å². The zero-order valence-corrected chi connectivity index (χ0v) is 12.8. The zero-order valence-electron chi connectivity index (χ0n) is 12.8. The molecule has 3 rings (SSSR count). The summed E-state index contributed by atoms with van der Waals surface area (Å²) in [7, 11) is 0. The smallest absolute Gasteiger partial charge is 0.337 e. The van der Waals surface area contributed by atoms with Gasteiger partial charge in [0.2, 0.25) is 0 Å². The number of hydrogen-bond acceptors (Lipinski definition) is 2. The van der Waals surface area contributed by atoms with Gasteiger partial charge in [-0.25, -0.2) is 4.79 Å². The van der Waals surface area contributed by atoms with Gasteiger partial charge in [0.05, 0.1) is 11.3 Å². The van der Waals surface area contributed by atoms with Crippen LogP contribution in [0.3, 0.4) is 0 Å². The highest BCUT2D eigenvalue weighted by Crippen LogP contribution is 2.36. The van der Waals surface area contributed by atoms with Crippen LogP contribution in [0.5, 0.6) is 0 Å². The van der Waals surface area contributed by atoms with Crippen LogP contribution >= 0.6 is 0 Å². The Kier molecular flexibility index (Phi) is 4.11. The van der Waals surface area contributed by atoms with Gasteiger partial charge in [-0.3, -0.25) is 0 Å². The van der Waals surface area contributed by atoms with Crippen LogP contribution in [0, 0.1) is 6.92 Å². The van der Waals surface area contributed by atoms with E-state index in [1.54, 1.807) is 6.07 Å². The van der Waals surface area contributed by atoms with E-state index in [2.05, 4.69) is 0 Å². The lowest BCUT2D eigenvalue weighted by molar-refractivity contribution is 0.0697. The predicted octanol–water partition coefficient (Wildman–Crippen LogP) is 5.16. The van der Waals surface area contributed by atoms with Gasteiger partial charge >= 0.3 is 5.97 Å². The minimum atomic E-state index is -0.930. The molecule has 3 heteroatoms. The topological polar surface area (TPSA) is 40.5 Å². The summed E-state index contributed by atoms with van der Waals surface area (Å²) >= 11 is 0. The minimum Gasteiger partial charge on any atom is -0.478 e. The van der Waals surface area contributed by atoms with Crippen LogP contribution in [0.25, 0.3) is 0 Å². The van der Waals surface area contributed by atoms with Crippen LogP contribution in [0.2, 0.25) is 0 Å². The fourth-order valence-corrected chi connectivity index (χ4v) is 2.60. The SMILES string of the molecule is Cc1ccc(N(c2ccccc2)c2ccccc2)c(C(=O)O)c1. The standard InChI is InChI=1S/C20H17NO2/c1-15-12-13-19(18(14-15)20(22)23)21(16-8-4-2-5-9-16)17-10-6-3-7-11-17/h2-14H,1H3,(H,22,23). The first kappa shape index (κ1) is 14.9. The van der Waals surface area contributed by atoms with Crippen molar-refractivity contribution >= 4 is 23.0 Å². The van der Waals surface area contributed by atoms with E-state index < -0.39 is 5.97 Å². The van der Waals surface area contributed by atoms with Gasteiger partial charge < -0.3 is 10.0 Å². The van der Waals surface area contributed by atoms with Gasteiger partial charge in [-0.2, -0.15) is 0 Å². The Bertz CT molecular complexity index is 774. The molecule has 3 aromatic carbocycles. The van der Waals surface area contributed by atoms with E-state index in [4.69, 9.17) is 0 Å². The molecule has 0 bridgehead atoms. The molecule has 0 radical (unpaired) electrons. The molecule has 0 unspecified atom stereocenters. The first-order valence-electron chi connectivity index (χ1n) is 7.41. The molecule has 0 saturated heterocycles. The highest BCUT2D eigenvalue weighted by molar-refractivity contribution is 5.97. The molecule has 0 saturated carbocycles. The first-order chi connectivity index (χ1) is 11.2. The molecular weight excluding hydrogens is 286 g/mol. The minimum absolute atomic E-state index is 0.290. The highest BCUT2D eigenvalue weighted by atomic mass is 16.4. The number of nitrogens with zero attached hydrogens (tertiary/aromatic N) is 1. The van der Waals surface area contributed by atoms with Crippen molar-refractivity contribution < 1.29 is 9.90 Å². The number of benzene rings is 3. The van der Waals surface area contributed by atoms with Gasteiger partial charge in [0.1, 0.15) is 0 Å². The average molecular weight is 303 g/mol. The van der Waals surface area contributed by atoms with Crippen molar-refractivity contribution in [3.8, 4) is 0 Å².